The number of likely N-dealkylation sites (tertiary alicyclic amines) is 1. The summed E-state index contributed by atoms with van der Waals surface area (Å²) in [6.07, 6.45) is 5.92. The van der Waals surface area contributed by atoms with E-state index in [1.165, 1.54) is 37.9 Å². The van der Waals surface area contributed by atoms with E-state index in [1.807, 2.05) is 6.26 Å². The minimum atomic E-state index is 0.833. The third kappa shape index (κ3) is 2.58. The molecule has 0 bridgehead atoms. The molecule has 1 aromatic rings. The molecule has 1 aromatic heterocycles. The van der Waals surface area contributed by atoms with Gasteiger partial charge < -0.3 is 4.42 Å². The lowest BCUT2D eigenvalue weighted by molar-refractivity contribution is 0.220. The SMILES string of the molecule is Brc1cc(CN2CCCCC2)co1. The van der Waals surface area contributed by atoms with Crippen LogP contribution in [0.3, 0.4) is 0 Å². The molecule has 1 fully saturated rings. The average molecular weight is 244 g/mol. The van der Waals surface area contributed by atoms with Crippen LogP contribution in [-0.2, 0) is 6.54 Å². The fraction of sp³-hybridized carbons (Fsp3) is 0.600. The normalized spacial score (nSPS) is 19.2. The molecule has 72 valence electrons. The maximum atomic E-state index is 5.20. The molecule has 0 spiro atoms. The van der Waals surface area contributed by atoms with E-state index in [9.17, 15) is 0 Å². The quantitative estimate of drug-likeness (QED) is 0.795. The summed E-state index contributed by atoms with van der Waals surface area (Å²) < 4.78 is 6.03. The van der Waals surface area contributed by atoms with Crippen molar-refractivity contribution >= 4 is 15.9 Å². The molecule has 0 unspecified atom stereocenters. The molecule has 0 aliphatic carbocycles. The highest BCUT2D eigenvalue weighted by Crippen LogP contribution is 2.17. The second-order valence-corrected chi connectivity index (χ2v) is 4.38. The van der Waals surface area contributed by atoms with Crippen LogP contribution in [0.15, 0.2) is 21.4 Å². The smallest absolute Gasteiger partial charge is 0.169 e. The molecular formula is C10H14BrNO. The van der Waals surface area contributed by atoms with Crippen LogP contribution in [0.5, 0.6) is 0 Å². The van der Waals surface area contributed by atoms with Crippen LogP contribution in [-0.4, -0.2) is 18.0 Å². The van der Waals surface area contributed by atoms with Gasteiger partial charge in [-0.25, -0.2) is 0 Å². The van der Waals surface area contributed by atoms with Gasteiger partial charge in [0, 0.05) is 12.1 Å². The Bertz CT molecular complexity index is 266. The van der Waals surface area contributed by atoms with Crippen molar-refractivity contribution in [1.82, 2.24) is 4.90 Å². The number of furan rings is 1. The van der Waals surface area contributed by atoms with Gasteiger partial charge in [0.15, 0.2) is 4.67 Å². The Morgan fingerprint density at radius 3 is 2.69 bits per heavy atom. The van der Waals surface area contributed by atoms with Crippen LogP contribution in [0.2, 0.25) is 0 Å². The molecule has 0 atom stereocenters. The van der Waals surface area contributed by atoms with Crippen LogP contribution in [0.25, 0.3) is 0 Å². The van der Waals surface area contributed by atoms with Gasteiger partial charge in [-0.05, 0) is 47.9 Å². The standard InChI is InChI=1S/C10H14BrNO/c11-10-6-9(8-13-10)7-12-4-2-1-3-5-12/h6,8H,1-5,7H2. The first-order valence-corrected chi connectivity index (χ1v) is 5.59. The molecule has 2 heterocycles. The van der Waals surface area contributed by atoms with E-state index in [-0.39, 0.29) is 0 Å². The van der Waals surface area contributed by atoms with E-state index in [4.69, 9.17) is 4.42 Å². The first kappa shape index (κ1) is 9.28. The van der Waals surface area contributed by atoms with Gasteiger partial charge in [-0.1, -0.05) is 6.42 Å². The first-order chi connectivity index (χ1) is 6.34. The average Bonchev–Trinajstić information content (AvgIpc) is 2.53. The van der Waals surface area contributed by atoms with Gasteiger partial charge in [0.05, 0.1) is 6.26 Å². The highest BCUT2D eigenvalue weighted by atomic mass is 79.9. The number of piperidine rings is 1. The van der Waals surface area contributed by atoms with Crippen molar-refractivity contribution in [2.45, 2.75) is 25.8 Å². The molecule has 1 aliphatic heterocycles. The van der Waals surface area contributed by atoms with Crippen molar-refractivity contribution in [2.75, 3.05) is 13.1 Å². The summed E-state index contributed by atoms with van der Waals surface area (Å²) in [5.41, 5.74) is 1.27. The van der Waals surface area contributed by atoms with Gasteiger partial charge in [-0.15, -0.1) is 0 Å². The van der Waals surface area contributed by atoms with Gasteiger partial charge in [0.25, 0.3) is 0 Å². The Balaban J connectivity index is 1.89. The maximum absolute atomic E-state index is 5.20. The molecule has 0 saturated carbocycles. The molecule has 13 heavy (non-hydrogen) atoms. The zero-order chi connectivity index (χ0) is 9.10. The molecule has 1 aliphatic rings. The van der Waals surface area contributed by atoms with E-state index in [0.717, 1.165) is 11.2 Å². The van der Waals surface area contributed by atoms with E-state index in [0.29, 0.717) is 0 Å². The van der Waals surface area contributed by atoms with Gasteiger partial charge in [-0.2, -0.15) is 0 Å². The molecule has 2 nitrogen and oxygen atoms in total. The summed E-state index contributed by atoms with van der Waals surface area (Å²) in [5.74, 6) is 0. The Labute approximate surface area is 87.0 Å². The Morgan fingerprint density at radius 2 is 2.08 bits per heavy atom. The Morgan fingerprint density at radius 1 is 1.31 bits per heavy atom. The van der Waals surface area contributed by atoms with Crippen molar-refractivity contribution in [3.8, 4) is 0 Å². The molecule has 0 amide bonds. The third-order valence-electron chi connectivity index (χ3n) is 2.48. The summed E-state index contributed by atoms with van der Waals surface area (Å²) >= 11 is 3.31. The van der Waals surface area contributed by atoms with Crippen molar-refractivity contribution in [1.29, 1.82) is 0 Å². The van der Waals surface area contributed by atoms with Crippen LogP contribution >= 0.6 is 15.9 Å². The topological polar surface area (TPSA) is 16.4 Å². The highest BCUT2D eigenvalue weighted by Gasteiger charge is 2.11. The van der Waals surface area contributed by atoms with Crippen LogP contribution in [0, 0.1) is 0 Å². The molecular weight excluding hydrogens is 230 g/mol. The van der Waals surface area contributed by atoms with Crippen molar-refractivity contribution < 1.29 is 4.42 Å². The predicted molar refractivity (Wildman–Crippen MR) is 55.5 cm³/mol. The van der Waals surface area contributed by atoms with E-state index in [2.05, 4.69) is 26.9 Å². The van der Waals surface area contributed by atoms with Gasteiger partial charge in [0.2, 0.25) is 0 Å². The molecule has 1 saturated heterocycles. The number of halogens is 1. The summed E-state index contributed by atoms with van der Waals surface area (Å²) in [7, 11) is 0. The zero-order valence-corrected chi connectivity index (χ0v) is 9.22. The van der Waals surface area contributed by atoms with Gasteiger partial charge in [-0.3, -0.25) is 4.90 Å². The summed E-state index contributed by atoms with van der Waals surface area (Å²) in [4.78, 5) is 2.49. The van der Waals surface area contributed by atoms with Crippen LogP contribution in [0.4, 0.5) is 0 Å². The summed E-state index contributed by atoms with van der Waals surface area (Å²) in [6.45, 7) is 3.51. The van der Waals surface area contributed by atoms with Crippen LogP contribution < -0.4 is 0 Å². The Hall–Kier alpha value is -0.280. The van der Waals surface area contributed by atoms with Crippen LogP contribution in [0.1, 0.15) is 24.8 Å². The fourth-order valence-electron chi connectivity index (χ4n) is 1.80. The lowest BCUT2D eigenvalue weighted by Gasteiger charge is -2.25. The number of hydrogen-bond acceptors (Lipinski definition) is 2. The van der Waals surface area contributed by atoms with Crippen molar-refractivity contribution in [3.63, 3.8) is 0 Å². The first-order valence-electron chi connectivity index (χ1n) is 4.80. The minimum Gasteiger partial charge on any atom is -0.457 e. The second kappa shape index (κ2) is 4.29. The highest BCUT2D eigenvalue weighted by molar-refractivity contribution is 9.10. The van der Waals surface area contributed by atoms with E-state index >= 15 is 0 Å². The lowest BCUT2D eigenvalue weighted by Crippen LogP contribution is -2.28. The Kier molecular flexibility index (Phi) is 3.06. The third-order valence-corrected chi connectivity index (χ3v) is 2.89. The van der Waals surface area contributed by atoms with E-state index in [1.54, 1.807) is 0 Å². The van der Waals surface area contributed by atoms with Crippen molar-refractivity contribution in [2.24, 2.45) is 0 Å². The summed E-state index contributed by atoms with van der Waals surface area (Å²) in [6, 6.07) is 2.05. The fourth-order valence-corrected chi connectivity index (χ4v) is 2.19. The summed E-state index contributed by atoms with van der Waals surface area (Å²) in [5, 5.41) is 0. The number of nitrogens with zero attached hydrogens (tertiary/aromatic N) is 1. The molecule has 3 heteroatoms. The second-order valence-electron chi connectivity index (χ2n) is 3.60. The predicted octanol–water partition coefficient (Wildman–Crippen LogP) is 3.03. The minimum absolute atomic E-state index is 0.833. The molecule has 0 radical (unpaired) electrons. The molecule has 0 aromatic carbocycles. The van der Waals surface area contributed by atoms with Gasteiger partial charge in [0.1, 0.15) is 0 Å². The molecule has 0 N–H and O–H groups in total. The number of hydrogen-bond donors (Lipinski definition) is 0. The zero-order valence-electron chi connectivity index (χ0n) is 7.63. The lowest BCUT2D eigenvalue weighted by atomic mass is 10.1. The molecule has 2 rings (SSSR count). The largest absolute Gasteiger partial charge is 0.457 e. The van der Waals surface area contributed by atoms with E-state index < -0.39 is 0 Å². The maximum Gasteiger partial charge on any atom is 0.169 e. The van der Waals surface area contributed by atoms with Gasteiger partial charge >= 0.3 is 0 Å². The van der Waals surface area contributed by atoms with Crippen molar-refractivity contribution in [3.05, 3.63) is 22.6 Å². The monoisotopic (exact) mass is 243 g/mol. The number of rotatable bonds is 2.